The normalized spacial score (nSPS) is 17.1. The molecule has 35 heavy (non-hydrogen) atoms. The fraction of sp³-hybridized carbons (Fsp3) is 0.346. The number of fused-ring (bicyclic) bond motifs is 1. The van der Waals surface area contributed by atoms with Crippen LogP contribution in [0.2, 0.25) is 0 Å². The number of anilines is 3. The molecule has 2 saturated heterocycles. The summed E-state index contributed by atoms with van der Waals surface area (Å²) in [5.41, 5.74) is 5.99. The van der Waals surface area contributed by atoms with Gasteiger partial charge in [0.1, 0.15) is 5.69 Å². The lowest BCUT2D eigenvalue weighted by molar-refractivity contribution is 0.0342. The van der Waals surface area contributed by atoms with Crippen molar-refractivity contribution in [1.29, 1.82) is 0 Å². The topological polar surface area (TPSA) is 80.0 Å². The fourth-order valence-corrected chi connectivity index (χ4v) is 4.57. The molecule has 4 heterocycles. The molecule has 180 valence electrons. The van der Waals surface area contributed by atoms with E-state index in [1.54, 1.807) is 10.7 Å². The first-order chi connectivity index (χ1) is 17.3. The molecule has 2 aliphatic heterocycles. The largest absolute Gasteiger partial charge is 0.379 e. The highest BCUT2D eigenvalue weighted by Gasteiger charge is 2.14. The summed E-state index contributed by atoms with van der Waals surface area (Å²) in [7, 11) is 0. The molecule has 1 N–H and O–H groups in total. The van der Waals surface area contributed by atoms with Gasteiger partial charge in [0.25, 0.3) is 0 Å². The van der Waals surface area contributed by atoms with Crippen molar-refractivity contribution in [3.8, 4) is 11.3 Å². The minimum absolute atomic E-state index is 0.544. The number of aromatic nitrogens is 4. The molecule has 0 saturated carbocycles. The SMILES string of the molecule is c1cn2nc(Nc3ccc(N4CCOCC4)cc3)nc2c(-c2ccc(CN3CCOCC3)cc2)n1. The fourth-order valence-electron chi connectivity index (χ4n) is 4.57. The van der Waals surface area contributed by atoms with Gasteiger partial charge in [-0.3, -0.25) is 9.88 Å². The highest BCUT2D eigenvalue weighted by molar-refractivity contribution is 5.74. The average molecular weight is 472 g/mol. The van der Waals surface area contributed by atoms with Gasteiger partial charge < -0.3 is 19.7 Å². The summed E-state index contributed by atoms with van der Waals surface area (Å²) in [5.74, 6) is 0.544. The average Bonchev–Trinajstić information content (AvgIpc) is 3.33. The van der Waals surface area contributed by atoms with E-state index in [-0.39, 0.29) is 0 Å². The molecule has 9 heteroatoms. The first-order valence-electron chi connectivity index (χ1n) is 12.1. The summed E-state index contributed by atoms with van der Waals surface area (Å²) < 4.78 is 12.7. The zero-order chi connectivity index (χ0) is 23.5. The van der Waals surface area contributed by atoms with Gasteiger partial charge in [0.05, 0.1) is 26.4 Å². The Bertz CT molecular complexity index is 1260. The third-order valence-electron chi connectivity index (χ3n) is 6.49. The van der Waals surface area contributed by atoms with Crippen LogP contribution >= 0.6 is 0 Å². The standard InChI is InChI=1S/C26H29N7O2/c1-3-21(4-2-20(1)19-31-11-15-34-16-12-31)24-25-29-26(30-33(25)10-9-27-24)28-22-5-7-23(8-6-22)32-13-17-35-18-14-32/h1-10H,11-19H2,(H,28,30). The second-order valence-electron chi connectivity index (χ2n) is 8.84. The summed E-state index contributed by atoms with van der Waals surface area (Å²) in [6.45, 7) is 7.91. The second kappa shape index (κ2) is 9.99. The van der Waals surface area contributed by atoms with Crippen LogP contribution in [0.4, 0.5) is 17.3 Å². The van der Waals surface area contributed by atoms with Crippen molar-refractivity contribution in [3.63, 3.8) is 0 Å². The molecule has 2 fully saturated rings. The van der Waals surface area contributed by atoms with E-state index in [1.165, 1.54) is 11.3 Å². The van der Waals surface area contributed by atoms with E-state index in [2.05, 4.69) is 73.7 Å². The molecule has 2 aromatic carbocycles. The number of ether oxygens (including phenoxy) is 2. The maximum Gasteiger partial charge on any atom is 0.247 e. The predicted molar refractivity (Wildman–Crippen MR) is 135 cm³/mol. The van der Waals surface area contributed by atoms with Gasteiger partial charge in [0, 0.05) is 62.1 Å². The molecule has 2 aliphatic rings. The van der Waals surface area contributed by atoms with Gasteiger partial charge in [-0.1, -0.05) is 24.3 Å². The number of hydrogen-bond acceptors (Lipinski definition) is 8. The zero-order valence-electron chi connectivity index (χ0n) is 19.6. The van der Waals surface area contributed by atoms with Crippen LogP contribution < -0.4 is 10.2 Å². The lowest BCUT2D eigenvalue weighted by atomic mass is 10.1. The Morgan fingerprint density at radius 2 is 1.54 bits per heavy atom. The Balaban J connectivity index is 1.18. The van der Waals surface area contributed by atoms with Gasteiger partial charge >= 0.3 is 0 Å². The van der Waals surface area contributed by atoms with E-state index in [0.29, 0.717) is 5.95 Å². The first-order valence-corrected chi connectivity index (χ1v) is 12.1. The molecule has 0 spiro atoms. The Morgan fingerprint density at radius 3 is 2.29 bits per heavy atom. The number of benzene rings is 2. The molecule has 0 bridgehead atoms. The van der Waals surface area contributed by atoms with Gasteiger partial charge in [0.2, 0.25) is 5.95 Å². The third-order valence-corrected chi connectivity index (χ3v) is 6.49. The van der Waals surface area contributed by atoms with Gasteiger partial charge in [-0.25, -0.2) is 4.52 Å². The smallest absolute Gasteiger partial charge is 0.247 e. The van der Waals surface area contributed by atoms with Gasteiger partial charge in [-0.15, -0.1) is 5.10 Å². The maximum absolute atomic E-state index is 5.45. The molecule has 0 atom stereocenters. The number of nitrogens with zero attached hydrogens (tertiary/aromatic N) is 6. The Labute approximate surface area is 204 Å². The lowest BCUT2D eigenvalue weighted by Crippen LogP contribution is -2.36. The van der Waals surface area contributed by atoms with Crippen molar-refractivity contribution in [2.24, 2.45) is 0 Å². The number of nitrogens with one attached hydrogen (secondary N) is 1. The van der Waals surface area contributed by atoms with Crippen LogP contribution in [-0.2, 0) is 16.0 Å². The van der Waals surface area contributed by atoms with Crippen LogP contribution in [0.15, 0.2) is 60.9 Å². The minimum atomic E-state index is 0.544. The van der Waals surface area contributed by atoms with Crippen molar-refractivity contribution in [3.05, 3.63) is 66.5 Å². The molecular formula is C26H29N7O2. The molecule has 6 rings (SSSR count). The van der Waals surface area contributed by atoms with Crippen LogP contribution in [0.25, 0.3) is 16.9 Å². The highest BCUT2D eigenvalue weighted by Crippen LogP contribution is 2.25. The van der Waals surface area contributed by atoms with Crippen LogP contribution in [0.3, 0.4) is 0 Å². The van der Waals surface area contributed by atoms with Crippen LogP contribution in [0.5, 0.6) is 0 Å². The Kier molecular flexibility index (Phi) is 6.27. The van der Waals surface area contributed by atoms with Gasteiger partial charge in [-0.2, -0.15) is 4.98 Å². The van der Waals surface area contributed by atoms with E-state index in [4.69, 9.17) is 14.5 Å². The third kappa shape index (κ3) is 4.97. The first kappa shape index (κ1) is 22.0. The van der Waals surface area contributed by atoms with Crippen molar-refractivity contribution < 1.29 is 9.47 Å². The monoisotopic (exact) mass is 471 g/mol. The molecule has 0 unspecified atom stereocenters. The van der Waals surface area contributed by atoms with Crippen LogP contribution in [-0.4, -0.2) is 77.1 Å². The Morgan fingerprint density at radius 1 is 0.829 bits per heavy atom. The van der Waals surface area contributed by atoms with E-state index < -0.39 is 0 Å². The molecular weight excluding hydrogens is 442 g/mol. The zero-order valence-corrected chi connectivity index (χ0v) is 19.6. The van der Waals surface area contributed by atoms with Crippen molar-refractivity contribution >= 4 is 23.0 Å². The predicted octanol–water partition coefficient (Wildman–Crippen LogP) is 3.20. The maximum atomic E-state index is 5.45. The van der Waals surface area contributed by atoms with E-state index in [1.807, 2.05) is 6.20 Å². The Hall–Kier alpha value is -3.53. The number of rotatable bonds is 6. The van der Waals surface area contributed by atoms with Crippen LogP contribution in [0, 0.1) is 0 Å². The second-order valence-corrected chi connectivity index (χ2v) is 8.84. The van der Waals surface area contributed by atoms with Crippen molar-refractivity contribution in [2.75, 3.05) is 62.8 Å². The quantitative estimate of drug-likeness (QED) is 0.459. The molecule has 2 aromatic heterocycles. The van der Waals surface area contributed by atoms with Crippen molar-refractivity contribution in [2.45, 2.75) is 6.54 Å². The van der Waals surface area contributed by atoms with E-state index in [0.717, 1.165) is 81.7 Å². The lowest BCUT2D eigenvalue weighted by Gasteiger charge is -2.28. The van der Waals surface area contributed by atoms with Gasteiger partial charge in [-0.05, 0) is 29.8 Å². The molecule has 4 aromatic rings. The summed E-state index contributed by atoms with van der Waals surface area (Å²) in [6.07, 6.45) is 3.59. The summed E-state index contributed by atoms with van der Waals surface area (Å²) >= 11 is 0. The van der Waals surface area contributed by atoms with E-state index in [9.17, 15) is 0 Å². The van der Waals surface area contributed by atoms with E-state index >= 15 is 0 Å². The number of hydrogen-bond donors (Lipinski definition) is 1. The van der Waals surface area contributed by atoms with Crippen molar-refractivity contribution in [1.82, 2.24) is 24.5 Å². The van der Waals surface area contributed by atoms with Crippen LogP contribution in [0.1, 0.15) is 5.56 Å². The highest BCUT2D eigenvalue weighted by atomic mass is 16.5. The summed E-state index contributed by atoms with van der Waals surface area (Å²) in [6, 6.07) is 16.9. The molecule has 9 nitrogen and oxygen atoms in total. The summed E-state index contributed by atoms with van der Waals surface area (Å²) in [5, 5.41) is 7.94. The molecule has 0 amide bonds. The van der Waals surface area contributed by atoms with Gasteiger partial charge in [0.15, 0.2) is 5.65 Å². The molecule has 0 radical (unpaired) electrons. The summed E-state index contributed by atoms with van der Waals surface area (Å²) in [4.78, 5) is 14.1. The number of morpholine rings is 2. The molecule has 0 aliphatic carbocycles. The minimum Gasteiger partial charge on any atom is -0.379 e.